The Kier molecular flexibility index (Phi) is 4.49. The highest BCUT2D eigenvalue weighted by atomic mass is 19.1. The maximum atomic E-state index is 15.2. The Morgan fingerprint density at radius 2 is 1.39 bits per heavy atom. The Morgan fingerprint density at radius 1 is 0.639 bits per heavy atom. The van der Waals surface area contributed by atoms with E-state index >= 15 is 4.39 Å². The van der Waals surface area contributed by atoms with Crippen LogP contribution in [0, 0.1) is 12.7 Å². The number of rotatable bonds is 2. The van der Waals surface area contributed by atoms with Crippen molar-refractivity contribution in [3.63, 3.8) is 0 Å². The van der Waals surface area contributed by atoms with Gasteiger partial charge < -0.3 is 4.42 Å². The molecule has 0 aliphatic heterocycles. The lowest BCUT2D eigenvalue weighted by molar-refractivity contribution is -0.660. The number of benzene rings is 5. The van der Waals surface area contributed by atoms with Gasteiger partial charge in [-0.2, -0.15) is 0 Å². The van der Waals surface area contributed by atoms with Gasteiger partial charge in [-0.15, -0.1) is 0 Å². The second-order valence-corrected chi connectivity index (χ2v) is 9.45. The molecule has 0 N–H and O–H groups in total. The van der Waals surface area contributed by atoms with Crippen LogP contribution in [0.5, 0.6) is 0 Å². The minimum atomic E-state index is -0.273. The fourth-order valence-corrected chi connectivity index (χ4v) is 5.58. The minimum Gasteiger partial charge on any atom is -0.454 e. The van der Waals surface area contributed by atoms with Crippen molar-refractivity contribution in [3.8, 4) is 22.4 Å². The Hall–Kier alpha value is -4.50. The van der Waals surface area contributed by atoms with E-state index < -0.39 is 0 Å². The summed E-state index contributed by atoms with van der Waals surface area (Å²) in [4.78, 5) is 0. The number of aryl methyl sites for hydroxylation is 2. The molecule has 2 heterocycles. The van der Waals surface area contributed by atoms with Crippen LogP contribution in [0.15, 0.2) is 108 Å². The molecule has 0 fully saturated rings. The van der Waals surface area contributed by atoms with Gasteiger partial charge in [-0.1, -0.05) is 60.7 Å². The van der Waals surface area contributed by atoms with Crippen molar-refractivity contribution < 1.29 is 13.4 Å². The fourth-order valence-electron chi connectivity index (χ4n) is 5.58. The number of halogens is 1. The van der Waals surface area contributed by atoms with Gasteiger partial charge in [0.25, 0.3) is 0 Å². The van der Waals surface area contributed by atoms with E-state index in [0.29, 0.717) is 5.58 Å². The van der Waals surface area contributed by atoms with Crippen LogP contribution in [0.25, 0.3) is 65.9 Å². The molecule has 0 aliphatic carbocycles. The van der Waals surface area contributed by atoms with Crippen molar-refractivity contribution in [3.05, 3.63) is 115 Å². The van der Waals surface area contributed by atoms with Crippen LogP contribution in [-0.4, -0.2) is 0 Å². The van der Waals surface area contributed by atoms with E-state index in [1.807, 2.05) is 43.6 Å². The van der Waals surface area contributed by atoms with Crippen molar-refractivity contribution in [1.29, 1.82) is 0 Å². The molecule has 2 aromatic heterocycles. The molecule has 0 bridgehead atoms. The average Bonchev–Trinajstić information content (AvgIpc) is 3.26. The maximum absolute atomic E-state index is 15.2. The monoisotopic (exact) mass is 468 g/mol. The lowest BCUT2D eigenvalue weighted by atomic mass is 9.92. The quantitative estimate of drug-likeness (QED) is 0.184. The molecule has 0 saturated carbocycles. The Morgan fingerprint density at radius 3 is 2.22 bits per heavy atom. The Bertz CT molecular complexity index is 1980. The van der Waals surface area contributed by atoms with Gasteiger partial charge in [0.1, 0.15) is 24.0 Å². The highest BCUT2D eigenvalue weighted by molar-refractivity contribution is 6.18. The molecule has 5 aromatic carbocycles. The molecule has 172 valence electrons. The number of furan rings is 1. The van der Waals surface area contributed by atoms with E-state index in [1.165, 1.54) is 5.39 Å². The van der Waals surface area contributed by atoms with Gasteiger partial charge in [0, 0.05) is 28.5 Å². The molecule has 3 heteroatoms. The van der Waals surface area contributed by atoms with E-state index in [-0.39, 0.29) is 5.82 Å². The minimum absolute atomic E-state index is 0.273. The molecule has 7 aromatic rings. The summed E-state index contributed by atoms with van der Waals surface area (Å²) >= 11 is 0. The summed E-state index contributed by atoms with van der Waals surface area (Å²) in [6.45, 7) is 2.09. The van der Waals surface area contributed by atoms with Gasteiger partial charge in [-0.05, 0) is 63.9 Å². The van der Waals surface area contributed by atoms with Crippen LogP contribution >= 0.6 is 0 Å². The van der Waals surface area contributed by atoms with Crippen LogP contribution in [0.3, 0.4) is 0 Å². The highest BCUT2D eigenvalue weighted by Gasteiger charge is 2.23. The van der Waals surface area contributed by atoms with E-state index in [2.05, 4.69) is 66.1 Å². The number of fused-ring (bicyclic) bond motifs is 6. The van der Waals surface area contributed by atoms with Crippen molar-refractivity contribution in [1.82, 2.24) is 0 Å². The summed E-state index contributed by atoms with van der Waals surface area (Å²) in [6.07, 6.45) is 2.03. The number of aromatic nitrogens is 1. The van der Waals surface area contributed by atoms with Gasteiger partial charge in [-0.3, -0.25) is 0 Å². The Balaban J connectivity index is 1.63. The predicted molar refractivity (Wildman–Crippen MR) is 145 cm³/mol. The normalized spacial score (nSPS) is 11.8. The summed E-state index contributed by atoms with van der Waals surface area (Å²) in [6, 6.07) is 32.3. The first-order valence-electron chi connectivity index (χ1n) is 12.1. The van der Waals surface area contributed by atoms with Gasteiger partial charge >= 0.3 is 0 Å². The SMILES string of the molecule is Cc1ccc2c(oc3c(-c4cc5ccccc5c5ccccc45)cc(F)cc32)c1-c1cccc[n+]1C. The van der Waals surface area contributed by atoms with Crippen LogP contribution in [-0.2, 0) is 7.05 Å². The molecule has 0 unspecified atom stereocenters. The zero-order chi connectivity index (χ0) is 24.4. The van der Waals surface area contributed by atoms with E-state index in [1.54, 1.807) is 12.1 Å². The third-order valence-electron chi connectivity index (χ3n) is 7.28. The molecule has 0 spiro atoms. The molecule has 0 saturated heterocycles. The summed E-state index contributed by atoms with van der Waals surface area (Å²) in [5.41, 5.74) is 6.42. The predicted octanol–water partition coefficient (Wildman–Crippen LogP) is 8.50. The molecule has 0 amide bonds. The first kappa shape index (κ1) is 20.8. The first-order chi connectivity index (χ1) is 17.6. The average molecular weight is 469 g/mol. The van der Waals surface area contributed by atoms with Gasteiger partial charge in [0.2, 0.25) is 5.69 Å². The third kappa shape index (κ3) is 2.99. The molecule has 0 radical (unpaired) electrons. The summed E-state index contributed by atoms with van der Waals surface area (Å²) in [5.74, 6) is -0.273. The zero-order valence-electron chi connectivity index (χ0n) is 20.0. The summed E-state index contributed by atoms with van der Waals surface area (Å²) < 4.78 is 24.0. The molecule has 7 rings (SSSR count). The lowest BCUT2D eigenvalue weighted by Crippen LogP contribution is -2.30. The maximum Gasteiger partial charge on any atom is 0.216 e. The second-order valence-electron chi connectivity index (χ2n) is 9.45. The fraction of sp³-hybridized carbons (Fsp3) is 0.0606. The lowest BCUT2D eigenvalue weighted by Gasteiger charge is -2.11. The van der Waals surface area contributed by atoms with Gasteiger partial charge in [-0.25, -0.2) is 8.96 Å². The number of nitrogens with zero attached hydrogens (tertiary/aromatic N) is 1. The van der Waals surface area contributed by atoms with Crippen molar-refractivity contribution >= 4 is 43.5 Å². The Labute approximate surface area is 207 Å². The van der Waals surface area contributed by atoms with Crippen molar-refractivity contribution in [2.45, 2.75) is 6.92 Å². The van der Waals surface area contributed by atoms with Crippen LogP contribution < -0.4 is 4.57 Å². The molecular weight excluding hydrogens is 445 g/mol. The zero-order valence-corrected chi connectivity index (χ0v) is 20.0. The van der Waals surface area contributed by atoms with Crippen LogP contribution in [0.2, 0.25) is 0 Å². The molecule has 2 nitrogen and oxygen atoms in total. The van der Waals surface area contributed by atoms with Crippen molar-refractivity contribution in [2.24, 2.45) is 7.05 Å². The molecule has 36 heavy (non-hydrogen) atoms. The smallest absolute Gasteiger partial charge is 0.216 e. The standard InChI is InChI=1S/C33H23FNO/c1-20-14-15-26-28-18-22(34)19-29(32(28)36-33(26)31(20)30-13-7-8-16-35(30)2)27-17-21-9-3-4-10-23(21)24-11-5-6-12-25(24)27/h3-19H,1-2H3/q+1. The first-order valence-corrected chi connectivity index (χ1v) is 12.1. The van der Waals surface area contributed by atoms with Gasteiger partial charge in [0.15, 0.2) is 6.20 Å². The van der Waals surface area contributed by atoms with E-state index in [4.69, 9.17) is 4.42 Å². The second kappa shape index (κ2) is 7.76. The van der Waals surface area contributed by atoms with Crippen molar-refractivity contribution in [2.75, 3.05) is 0 Å². The van der Waals surface area contributed by atoms with E-state index in [0.717, 1.165) is 60.5 Å². The van der Waals surface area contributed by atoms with Gasteiger partial charge in [0.05, 0.1) is 5.56 Å². The van der Waals surface area contributed by atoms with Crippen LogP contribution in [0.1, 0.15) is 5.56 Å². The molecular formula is C33H23FNO+. The van der Waals surface area contributed by atoms with E-state index in [9.17, 15) is 0 Å². The molecule has 0 atom stereocenters. The van der Waals surface area contributed by atoms with Crippen LogP contribution in [0.4, 0.5) is 4.39 Å². The third-order valence-corrected chi connectivity index (χ3v) is 7.28. The molecule has 0 aliphatic rings. The largest absolute Gasteiger partial charge is 0.454 e. The topological polar surface area (TPSA) is 17.0 Å². The number of pyridine rings is 1. The number of hydrogen-bond donors (Lipinski definition) is 0. The summed E-state index contributed by atoms with van der Waals surface area (Å²) in [7, 11) is 2.03. The summed E-state index contributed by atoms with van der Waals surface area (Å²) in [5, 5.41) is 6.23. The number of hydrogen-bond acceptors (Lipinski definition) is 1. The highest BCUT2D eigenvalue weighted by Crippen LogP contribution is 2.43.